The fraction of sp³-hybridized carbons (Fsp3) is 0.150. The number of hydrogen-bond acceptors (Lipinski definition) is 4. The molecule has 0 saturated carbocycles. The zero-order chi connectivity index (χ0) is 18.4. The van der Waals surface area contributed by atoms with Crippen molar-refractivity contribution < 1.29 is 9.18 Å². The molecular formula is C20H19FN4O. The average molecular weight is 350 g/mol. The number of hydrogen-bond donors (Lipinski definition) is 1. The van der Waals surface area contributed by atoms with Gasteiger partial charge in [0.05, 0.1) is 5.56 Å². The highest BCUT2D eigenvalue weighted by molar-refractivity contribution is 6.04. The lowest BCUT2D eigenvalue weighted by Crippen LogP contribution is -2.21. The molecule has 0 saturated heterocycles. The average Bonchev–Trinajstić information content (AvgIpc) is 2.69. The van der Waals surface area contributed by atoms with Crippen molar-refractivity contribution in [3.8, 4) is 0 Å². The Bertz CT molecular complexity index is 851. The first-order valence-corrected chi connectivity index (χ1v) is 8.25. The van der Waals surface area contributed by atoms with Gasteiger partial charge in [0.15, 0.2) is 0 Å². The Hall–Kier alpha value is -3.28. The van der Waals surface area contributed by atoms with Crippen molar-refractivity contribution in [3.05, 3.63) is 84.1 Å². The summed E-state index contributed by atoms with van der Waals surface area (Å²) in [5, 5.41) is 2.72. The number of nitrogens with zero attached hydrogens (tertiary/aromatic N) is 3. The van der Waals surface area contributed by atoms with E-state index in [9.17, 15) is 9.18 Å². The molecule has 0 bridgehead atoms. The molecule has 0 radical (unpaired) electrons. The van der Waals surface area contributed by atoms with Crippen LogP contribution in [-0.4, -0.2) is 29.5 Å². The molecule has 6 heteroatoms. The highest BCUT2D eigenvalue weighted by Gasteiger charge is 2.09. The van der Waals surface area contributed by atoms with Crippen molar-refractivity contribution in [3.63, 3.8) is 0 Å². The molecule has 1 N–H and O–H groups in total. The summed E-state index contributed by atoms with van der Waals surface area (Å²) in [6.45, 7) is 0.804. The van der Waals surface area contributed by atoms with Crippen LogP contribution >= 0.6 is 0 Å². The van der Waals surface area contributed by atoms with Gasteiger partial charge in [0.25, 0.3) is 5.91 Å². The lowest BCUT2D eigenvalue weighted by atomic mass is 10.2. The maximum atomic E-state index is 12.9. The molecule has 0 aliphatic rings. The highest BCUT2D eigenvalue weighted by Crippen LogP contribution is 2.13. The number of rotatable bonds is 6. The van der Waals surface area contributed by atoms with Crippen LogP contribution < -0.4 is 10.2 Å². The van der Waals surface area contributed by atoms with Crippen molar-refractivity contribution >= 4 is 17.4 Å². The molecule has 0 fully saturated rings. The number of carbonyl (C=O) groups is 1. The maximum absolute atomic E-state index is 12.9. The van der Waals surface area contributed by atoms with Crippen molar-refractivity contribution in [1.82, 2.24) is 9.97 Å². The summed E-state index contributed by atoms with van der Waals surface area (Å²) in [5.41, 5.74) is 2.19. The lowest BCUT2D eigenvalue weighted by molar-refractivity contribution is 0.102. The van der Waals surface area contributed by atoms with Gasteiger partial charge in [-0.25, -0.2) is 9.37 Å². The van der Waals surface area contributed by atoms with E-state index >= 15 is 0 Å². The third-order valence-corrected chi connectivity index (χ3v) is 3.99. The second-order valence-electron chi connectivity index (χ2n) is 5.89. The van der Waals surface area contributed by atoms with Gasteiger partial charge in [-0.15, -0.1) is 0 Å². The minimum Gasteiger partial charge on any atom is -0.359 e. The number of aromatic nitrogens is 2. The number of carbonyl (C=O) groups excluding carboxylic acids is 1. The minimum absolute atomic E-state index is 0.282. The summed E-state index contributed by atoms with van der Waals surface area (Å²) >= 11 is 0. The van der Waals surface area contributed by atoms with E-state index in [0.29, 0.717) is 11.3 Å². The van der Waals surface area contributed by atoms with Crippen LogP contribution in [0.15, 0.2) is 67.1 Å². The largest absolute Gasteiger partial charge is 0.359 e. The minimum atomic E-state index is -0.344. The molecule has 0 aliphatic heterocycles. The zero-order valence-electron chi connectivity index (χ0n) is 14.4. The molecule has 2 aromatic heterocycles. The summed E-state index contributed by atoms with van der Waals surface area (Å²) in [6.07, 6.45) is 5.98. The van der Waals surface area contributed by atoms with E-state index in [-0.39, 0.29) is 11.7 Å². The number of nitrogens with one attached hydrogen (secondary N) is 1. The third-order valence-electron chi connectivity index (χ3n) is 3.99. The van der Waals surface area contributed by atoms with Crippen molar-refractivity contribution in [1.29, 1.82) is 0 Å². The molecule has 0 spiro atoms. The van der Waals surface area contributed by atoms with Crippen molar-refractivity contribution in [2.45, 2.75) is 6.42 Å². The Balaban J connectivity index is 1.58. The van der Waals surface area contributed by atoms with Crippen molar-refractivity contribution in [2.24, 2.45) is 0 Å². The molecule has 0 unspecified atom stereocenters. The van der Waals surface area contributed by atoms with Crippen LogP contribution in [0.4, 0.5) is 15.9 Å². The number of likely N-dealkylation sites (N-methyl/N-ethyl adjacent to an activating group) is 1. The predicted molar refractivity (Wildman–Crippen MR) is 99.8 cm³/mol. The van der Waals surface area contributed by atoms with Crippen molar-refractivity contribution in [2.75, 3.05) is 23.8 Å². The van der Waals surface area contributed by atoms with Crippen LogP contribution in [-0.2, 0) is 6.42 Å². The fourth-order valence-electron chi connectivity index (χ4n) is 2.44. The summed E-state index contributed by atoms with van der Waals surface area (Å²) in [6, 6.07) is 13.2. The fourth-order valence-corrected chi connectivity index (χ4v) is 2.44. The number of halogens is 1. The SMILES string of the molecule is CN(CCc1ccncc1)c1ccc(C(=O)Nc2ccc(F)cc2)cn1. The van der Waals surface area contributed by atoms with Crippen LogP contribution in [0, 0.1) is 5.82 Å². The molecule has 2 heterocycles. The molecule has 0 aliphatic carbocycles. The molecule has 3 aromatic rings. The van der Waals surface area contributed by atoms with Crippen LogP contribution in [0.25, 0.3) is 0 Å². The molecule has 1 aromatic carbocycles. The topological polar surface area (TPSA) is 58.1 Å². The standard InChI is InChI=1S/C20H19FN4O/c1-25(13-10-15-8-11-22-12-9-15)19-7-2-16(14-23-19)20(26)24-18-5-3-17(21)4-6-18/h2-9,11-12,14H,10,13H2,1H3,(H,24,26). The number of pyridine rings is 2. The Kier molecular flexibility index (Phi) is 5.53. The smallest absolute Gasteiger partial charge is 0.257 e. The van der Waals surface area contributed by atoms with Gasteiger partial charge in [0.1, 0.15) is 11.6 Å². The number of benzene rings is 1. The van der Waals surface area contributed by atoms with Gasteiger partial charge in [-0.2, -0.15) is 0 Å². The maximum Gasteiger partial charge on any atom is 0.257 e. The van der Waals surface area contributed by atoms with E-state index in [4.69, 9.17) is 0 Å². The molecular weight excluding hydrogens is 331 g/mol. The van der Waals surface area contributed by atoms with Gasteiger partial charge in [0.2, 0.25) is 0 Å². The quantitative estimate of drug-likeness (QED) is 0.739. The van der Waals surface area contributed by atoms with Gasteiger partial charge < -0.3 is 10.2 Å². The monoisotopic (exact) mass is 350 g/mol. The van der Waals surface area contributed by atoms with Crippen LogP contribution in [0.2, 0.25) is 0 Å². The van der Waals surface area contributed by atoms with Crippen LogP contribution in [0.1, 0.15) is 15.9 Å². The van der Waals surface area contributed by atoms with Gasteiger partial charge >= 0.3 is 0 Å². The predicted octanol–water partition coefficient (Wildman–Crippen LogP) is 3.55. The summed E-state index contributed by atoms with van der Waals surface area (Å²) in [5.74, 6) is 0.163. The van der Waals surface area contributed by atoms with Crippen LogP contribution in [0.3, 0.4) is 0 Å². The highest BCUT2D eigenvalue weighted by atomic mass is 19.1. The molecule has 3 rings (SSSR count). The Morgan fingerprint density at radius 3 is 2.46 bits per heavy atom. The van der Waals surface area contributed by atoms with E-state index in [2.05, 4.69) is 15.3 Å². The normalized spacial score (nSPS) is 10.4. The first-order chi connectivity index (χ1) is 12.6. The van der Waals surface area contributed by atoms with E-state index in [1.165, 1.54) is 36.0 Å². The van der Waals surface area contributed by atoms with E-state index in [0.717, 1.165) is 18.8 Å². The van der Waals surface area contributed by atoms with Crippen LogP contribution in [0.5, 0.6) is 0 Å². The first-order valence-electron chi connectivity index (χ1n) is 8.25. The van der Waals surface area contributed by atoms with Gasteiger partial charge in [-0.3, -0.25) is 9.78 Å². The molecule has 5 nitrogen and oxygen atoms in total. The lowest BCUT2D eigenvalue weighted by Gasteiger charge is -2.18. The summed E-state index contributed by atoms with van der Waals surface area (Å²) in [7, 11) is 1.96. The van der Waals surface area contributed by atoms with E-state index in [1.807, 2.05) is 30.1 Å². The van der Waals surface area contributed by atoms with Gasteiger partial charge in [0, 0.05) is 37.9 Å². The second kappa shape index (κ2) is 8.20. The molecule has 132 valence electrons. The third kappa shape index (κ3) is 4.63. The Morgan fingerprint density at radius 2 is 1.81 bits per heavy atom. The van der Waals surface area contributed by atoms with E-state index < -0.39 is 0 Å². The number of anilines is 2. The summed E-state index contributed by atoms with van der Waals surface area (Å²) in [4.78, 5) is 22.6. The van der Waals surface area contributed by atoms with Gasteiger partial charge in [-0.05, 0) is 60.5 Å². The second-order valence-corrected chi connectivity index (χ2v) is 5.89. The Labute approximate surface area is 151 Å². The molecule has 26 heavy (non-hydrogen) atoms. The zero-order valence-corrected chi connectivity index (χ0v) is 14.4. The molecule has 0 atom stereocenters. The summed E-state index contributed by atoms with van der Waals surface area (Å²) < 4.78 is 12.9. The first kappa shape index (κ1) is 17.5. The molecule has 1 amide bonds. The number of amides is 1. The van der Waals surface area contributed by atoms with E-state index in [1.54, 1.807) is 18.5 Å². The van der Waals surface area contributed by atoms with Gasteiger partial charge in [-0.1, -0.05) is 0 Å². The Morgan fingerprint density at radius 1 is 1.08 bits per heavy atom.